The first-order valence-electron chi connectivity index (χ1n) is 7.54. The van der Waals surface area contributed by atoms with E-state index in [9.17, 15) is 4.79 Å². The Kier molecular flexibility index (Phi) is 6.11. The molecule has 19 heavy (non-hydrogen) atoms. The van der Waals surface area contributed by atoms with Crippen LogP contribution >= 0.6 is 0 Å². The molecule has 4 nitrogen and oxygen atoms in total. The van der Waals surface area contributed by atoms with Gasteiger partial charge in [0.15, 0.2) is 0 Å². The molecule has 0 heterocycles. The molecule has 3 atom stereocenters. The monoisotopic (exact) mass is 270 g/mol. The van der Waals surface area contributed by atoms with Crippen molar-refractivity contribution in [3.63, 3.8) is 0 Å². The van der Waals surface area contributed by atoms with Crippen LogP contribution in [0.25, 0.3) is 0 Å². The van der Waals surface area contributed by atoms with Crippen molar-refractivity contribution >= 4 is 6.09 Å². The fourth-order valence-corrected chi connectivity index (χ4v) is 2.54. The number of alkyl carbamates (subject to hydrolysis) is 1. The predicted octanol–water partition coefficient (Wildman–Crippen LogP) is 3.07. The molecule has 3 unspecified atom stereocenters. The Bertz CT molecular complexity index is 286. The molecule has 1 amide bonds. The van der Waals surface area contributed by atoms with Gasteiger partial charge in [0.2, 0.25) is 0 Å². The normalized spacial score (nSPS) is 25.1. The average molecular weight is 270 g/mol. The first-order valence-corrected chi connectivity index (χ1v) is 7.54. The van der Waals surface area contributed by atoms with E-state index in [1.54, 1.807) is 0 Å². The van der Waals surface area contributed by atoms with E-state index < -0.39 is 5.60 Å². The summed E-state index contributed by atoms with van der Waals surface area (Å²) in [6.07, 6.45) is 4.57. The zero-order chi connectivity index (χ0) is 14.5. The van der Waals surface area contributed by atoms with Crippen molar-refractivity contribution in [2.75, 3.05) is 6.54 Å². The molecule has 2 N–H and O–H groups in total. The highest BCUT2D eigenvalue weighted by molar-refractivity contribution is 5.67. The van der Waals surface area contributed by atoms with Crippen LogP contribution in [0, 0.1) is 5.92 Å². The van der Waals surface area contributed by atoms with Crippen molar-refractivity contribution < 1.29 is 9.53 Å². The smallest absolute Gasteiger partial charge is 0.407 e. The fourth-order valence-electron chi connectivity index (χ4n) is 2.54. The summed E-state index contributed by atoms with van der Waals surface area (Å²) in [5, 5.41) is 6.52. The average Bonchev–Trinajstić information content (AvgIpc) is 2.67. The van der Waals surface area contributed by atoms with Gasteiger partial charge in [-0.05, 0) is 46.0 Å². The summed E-state index contributed by atoms with van der Waals surface area (Å²) in [4.78, 5) is 11.6. The van der Waals surface area contributed by atoms with Gasteiger partial charge in [-0.2, -0.15) is 0 Å². The van der Waals surface area contributed by atoms with Gasteiger partial charge in [0.1, 0.15) is 5.60 Å². The Hall–Kier alpha value is -0.770. The van der Waals surface area contributed by atoms with Gasteiger partial charge in [-0.15, -0.1) is 0 Å². The van der Waals surface area contributed by atoms with E-state index in [1.165, 1.54) is 19.3 Å². The highest BCUT2D eigenvalue weighted by Crippen LogP contribution is 2.25. The topological polar surface area (TPSA) is 50.4 Å². The van der Waals surface area contributed by atoms with Crippen LogP contribution in [0.3, 0.4) is 0 Å². The Balaban J connectivity index is 2.30. The Morgan fingerprint density at radius 2 is 2.05 bits per heavy atom. The van der Waals surface area contributed by atoms with Gasteiger partial charge in [0, 0.05) is 18.6 Å². The largest absolute Gasteiger partial charge is 0.444 e. The summed E-state index contributed by atoms with van der Waals surface area (Å²) in [6.45, 7) is 10.7. The summed E-state index contributed by atoms with van der Waals surface area (Å²) < 4.78 is 5.25. The van der Waals surface area contributed by atoms with E-state index in [0.29, 0.717) is 18.6 Å². The van der Waals surface area contributed by atoms with Crippen molar-refractivity contribution in [1.29, 1.82) is 0 Å². The summed E-state index contributed by atoms with van der Waals surface area (Å²) >= 11 is 0. The minimum Gasteiger partial charge on any atom is -0.444 e. The standard InChI is InChI=1S/C15H30N2O2/c1-6-12(17-13-9-7-8-11(13)2)10-16-14(18)19-15(3,4)5/h11-13,17H,6-10H2,1-5H3,(H,16,18). The minimum atomic E-state index is -0.431. The minimum absolute atomic E-state index is 0.327. The second kappa shape index (κ2) is 7.13. The van der Waals surface area contributed by atoms with Gasteiger partial charge >= 0.3 is 6.09 Å². The highest BCUT2D eigenvalue weighted by Gasteiger charge is 2.25. The number of hydrogen-bond donors (Lipinski definition) is 2. The number of carbonyl (C=O) groups is 1. The van der Waals surface area contributed by atoms with Crippen LogP contribution in [-0.2, 0) is 4.74 Å². The summed E-state index contributed by atoms with van der Waals surface area (Å²) in [7, 11) is 0. The van der Waals surface area contributed by atoms with Crippen LogP contribution in [0.5, 0.6) is 0 Å². The van der Waals surface area contributed by atoms with Crippen LogP contribution in [0.1, 0.15) is 60.3 Å². The Labute approximate surface area is 117 Å². The fraction of sp³-hybridized carbons (Fsp3) is 0.933. The molecule has 1 rings (SSSR count). The third-order valence-corrected chi connectivity index (χ3v) is 3.70. The number of hydrogen-bond acceptors (Lipinski definition) is 3. The van der Waals surface area contributed by atoms with Crippen molar-refractivity contribution in [3.8, 4) is 0 Å². The number of amides is 1. The molecular formula is C15H30N2O2. The Morgan fingerprint density at radius 1 is 1.37 bits per heavy atom. The third-order valence-electron chi connectivity index (χ3n) is 3.70. The highest BCUT2D eigenvalue weighted by atomic mass is 16.6. The van der Waals surface area contributed by atoms with E-state index in [0.717, 1.165) is 12.3 Å². The quantitative estimate of drug-likeness (QED) is 0.807. The van der Waals surface area contributed by atoms with E-state index in [-0.39, 0.29) is 6.09 Å². The molecule has 4 heteroatoms. The maximum Gasteiger partial charge on any atom is 0.407 e. The predicted molar refractivity (Wildman–Crippen MR) is 78.3 cm³/mol. The van der Waals surface area contributed by atoms with Crippen LogP contribution in [0.4, 0.5) is 4.79 Å². The lowest BCUT2D eigenvalue weighted by atomic mass is 10.0. The molecule has 0 saturated heterocycles. The molecule has 112 valence electrons. The molecule has 0 spiro atoms. The summed E-state index contributed by atoms with van der Waals surface area (Å²) in [5.74, 6) is 0.746. The van der Waals surface area contributed by atoms with Crippen molar-refractivity contribution in [3.05, 3.63) is 0 Å². The van der Waals surface area contributed by atoms with Gasteiger partial charge in [0.05, 0.1) is 0 Å². The van der Waals surface area contributed by atoms with Crippen molar-refractivity contribution in [1.82, 2.24) is 10.6 Å². The molecule has 0 aromatic rings. The van der Waals surface area contributed by atoms with Gasteiger partial charge in [0.25, 0.3) is 0 Å². The second-order valence-corrected chi connectivity index (χ2v) is 6.67. The van der Waals surface area contributed by atoms with Gasteiger partial charge in [-0.1, -0.05) is 20.3 Å². The van der Waals surface area contributed by atoms with Crippen molar-refractivity contribution in [2.24, 2.45) is 5.92 Å². The molecular weight excluding hydrogens is 240 g/mol. The molecule has 1 aliphatic rings. The van der Waals surface area contributed by atoms with Crippen LogP contribution in [-0.4, -0.2) is 30.3 Å². The summed E-state index contributed by atoms with van der Waals surface area (Å²) in [5.41, 5.74) is -0.431. The molecule has 1 fully saturated rings. The maximum atomic E-state index is 11.6. The molecule has 1 saturated carbocycles. The van der Waals surface area contributed by atoms with Gasteiger partial charge in [-0.25, -0.2) is 4.79 Å². The lowest BCUT2D eigenvalue weighted by Gasteiger charge is -2.26. The van der Waals surface area contributed by atoms with Crippen LogP contribution in [0.2, 0.25) is 0 Å². The molecule has 0 aromatic carbocycles. The van der Waals surface area contributed by atoms with Crippen LogP contribution < -0.4 is 10.6 Å². The molecule has 0 aliphatic heterocycles. The lowest BCUT2D eigenvalue weighted by Crippen LogP contribution is -2.46. The SMILES string of the molecule is CCC(CNC(=O)OC(C)(C)C)NC1CCCC1C. The molecule has 0 radical (unpaired) electrons. The van der Waals surface area contributed by atoms with Crippen LogP contribution in [0.15, 0.2) is 0 Å². The number of nitrogens with one attached hydrogen (secondary N) is 2. The molecule has 0 aromatic heterocycles. The third kappa shape index (κ3) is 6.28. The van der Waals surface area contributed by atoms with E-state index in [4.69, 9.17) is 4.74 Å². The summed E-state index contributed by atoms with van der Waals surface area (Å²) in [6, 6.07) is 0.934. The van der Waals surface area contributed by atoms with E-state index >= 15 is 0 Å². The van der Waals surface area contributed by atoms with E-state index in [2.05, 4.69) is 24.5 Å². The first kappa shape index (κ1) is 16.3. The van der Waals surface area contributed by atoms with Crippen molar-refractivity contribution in [2.45, 2.75) is 78.0 Å². The molecule has 0 bridgehead atoms. The van der Waals surface area contributed by atoms with Gasteiger partial charge < -0.3 is 15.4 Å². The van der Waals surface area contributed by atoms with Gasteiger partial charge in [-0.3, -0.25) is 0 Å². The number of ether oxygens (including phenoxy) is 1. The number of rotatable bonds is 5. The second-order valence-electron chi connectivity index (χ2n) is 6.67. The zero-order valence-corrected chi connectivity index (χ0v) is 13.1. The molecule has 1 aliphatic carbocycles. The number of carbonyl (C=O) groups excluding carboxylic acids is 1. The Morgan fingerprint density at radius 3 is 2.53 bits per heavy atom. The first-order chi connectivity index (χ1) is 8.81. The maximum absolute atomic E-state index is 11.6. The van der Waals surface area contributed by atoms with E-state index in [1.807, 2.05) is 20.8 Å². The lowest BCUT2D eigenvalue weighted by molar-refractivity contribution is 0.0521. The zero-order valence-electron chi connectivity index (χ0n) is 13.1.